The zero-order valence-electron chi connectivity index (χ0n) is 11.6. The van der Waals surface area contributed by atoms with Gasteiger partial charge in [0.2, 0.25) is 11.8 Å². The molecular weight excluding hydrogens is 355 g/mol. The second-order valence-electron chi connectivity index (χ2n) is 4.95. The number of carbonyl (C=O) groups excluding carboxylic acids is 1. The van der Waals surface area contributed by atoms with Gasteiger partial charge in [0.05, 0.1) is 16.1 Å². The molecule has 0 saturated carbocycles. The third kappa shape index (κ3) is 2.82. The molecule has 0 bridgehead atoms. The van der Waals surface area contributed by atoms with Crippen molar-refractivity contribution in [2.45, 2.75) is 19.6 Å². The number of aromatic amines is 1. The highest BCUT2D eigenvalue weighted by Gasteiger charge is 2.27. The normalized spacial score (nSPS) is 14.4. The minimum atomic E-state index is -3.09. The third-order valence-electron chi connectivity index (χ3n) is 3.65. The number of carbonyl (C=O) groups is 1. The Morgan fingerprint density at radius 2 is 2.17 bits per heavy atom. The van der Waals surface area contributed by atoms with Gasteiger partial charge in [-0.2, -0.15) is 8.78 Å². The fourth-order valence-corrected chi connectivity index (χ4v) is 2.99. The van der Waals surface area contributed by atoms with E-state index in [2.05, 4.69) is 14.7 Å². The number of hydrogen-bond acceptors (Lipinski definition) is 4. The number of hydrogen-bond donors (Lipinski definition) is 2. The van der Waals surface area contributed by atoms with E-state index >= 15 is 0 Å². The van der Waals surface area contributed by atoms with Gasteiger partial charge in [0.15, 0.2) is 0 Å². The van der Waals surface area contributed by atoms with Gasteiger partial charge in [-0.05, 0) is 0 Å². The fraction of sp³-hybridized carbons (Fsp3) is 0.385. The van der Waals surface area contributed by atoms with Crippen LogP contribution < -0.4 is 4.74 Å². The van der Waals surface area contributed by atoms with Crippen LogP contribution in [0.3, 0.4) is 0 Å². The number of halogens is 4. The largest absolute Gasteiger partial charge is 0.415 e. The van der Waals surface area contributed by atoms with E-state index in [0.717, 1.165) is 5.69 Å². The number of nitrogens with one attached hydrogen (secondary N) is 1. The number of amides is 1. The molecule has 0 aliphatic carbocycles. The fourth-order valence-electron chi connectivity index (χ4n) is 2.59. The van der Waals surface area contributed by atoms with Crippen LogP contribution in [-0.2, 0) is 17.8 Å². The summed E-state index contributed by atoms with van der Waals surface area (Å²) in [6.45, 7) is -3.08. The van der Waals surface area contributed by atoms with Gasteiger partial charge >= 0.3 is 6.61 Å². The highest BCUT2D eigenvalue weighted by Crippen LogP contribution is 2.39. The van der Waals surface area contributed by atoms with Crippen LogP contribution in [0.4, 0.5) is 8.78 Å². The van der Waals surface area contributed by atoms with Crippen LogP contribution in [0.25, 0.3) is 11.0 Å². The summed E-state index contributed by atoms with van der Waals surface area (Å²) in [6, 6.07) is 0. The molecule has 3 rings (SSSR count). The van der Waals surface area contributed by atoms with Gasteiger partial charge in [-0.1, -0.05) is 23.2 Å². The molecule has 23 heavy (non-hydrogen) atoms. The quantitative estimate of drug-likeness (QED) is 0.874. The lowest BCUT2D eigenvalue weighted by atomic mass is 10.1. The summed E-state index contributed by atoms with van der Waals surface area (Å²) in [5.74, 6) is -0.888. The molecule has 0 aromatic carbocycles. The van der Waals surface area contributed by atoms with Crippen LogP contribution in [0.1, 0.15) is 11.3 Å². The van der Waals surface area contributed by atoms with Crippen molar-refractivity contribution >= 4 is 40.1 Å². The molecule has 1 aliphatic heterocycles. The predicted molar refractivity (Wildman–Crippen MR) is 79.0 cm³/mol. The SMILES string of the molecule is O=C(CO)N1CCc2[nH]c3c(Cl)c(Cl)c(OC(F)F)nc3c2C1. The minimum Gasteiger partial charge on any atom is -0.415 e. The van der Waals surface area contributed by atoms with Gasteiger partial charge in [-0.3, -0.25) is 4.79 Å². The minimum absolute atomic E-state index is 0.0294. The Labute approximate surface area is 138 Å². The maximum atomic E-state index is 12.5. The first-order valence-corrected chi connectivity index (χ1v) is 7.39. The maximum Gasteiger partial charge on any atom is 0.388 e. The van der Waals surface area contributed by atoms with E-state index in [4.69, 9.17) is 28.3 Å². The van der Waals surface area contributed by atoms with Gasteiger partial charge in [-0.15, -0.1) is 0 Å². The summed E-state index contributed by atoms with van der Waals surface area (Å²) in [5, 5.41) is 8.79. The highest BCUT2D eigenvalue weighted by atomic mass is 35.5. The highest BCUT2D eigenvalue weighted by molar-refractivity contribution is 6.45. The van der Waals surface area contributed by atoms with Crippen molar-refractivity contribution in [2.75, 3.05) is 13.2 Å². The molecule has 124 valence electrons. The number of pyridine rings is 1. The number of rotatable bonds is 3. The van der Waals surface area contributed by atoms with Crippen molar-refractivity contribution in [3.8, 4) is 5.88 Å². The van der Waals surface area contributed by atoms with Crippen molar-refractivity contribution in [3.05, 3.63) is 21.3 Å². The molecule has 0 radical (unpaired) electrons. The zero-order chi connectivity index (χ0) is 16.7. The van der Waals surface area contributed by atoms with Gasteiger partial charge in [-0.25, -0.2) is 4.98 Å². The number of aliphatic hydroxyl groups excluding tert-OH is 1. The van der Waals surface area contributed by atoms with E-state index in [1.807, 2.05) is 0 Å². The topological polar surface area (TPSA) is 78.5 Å². The van der Waals surface area contributed by atoms with E-state index in [0.29, 0.717) is 29.6 Å². The average Bonchev–Trinajstić information content (AvgIpc) is 2.89. The van der Waals surface area contributed by atoms with Crippen LogP contribution in [0.2, 0.25) is 10.0 Å². The molecule has 2 N–H and O–H groups in total. The van der Waals surface area contributed by atoms with E-state index in [9.17, 15) is 13.6 Å². The van der Waals surface area contributed by atoms with Crippen molar-refractivity contribution in [2.24, 2.45) is 0 Å². The van der Waals surface area contributed by atoms with Gasteiger partial charge in [0, 0.05) is 30.8 Å². The first kappa shape index (κ1) is 16.2. The number of aromatic nitrogens is 2. The summed E-state index contributed by atoms with van der Waals surface area (Å²) in [7, 11) is 0. The molecule has 1 aliphatic rings. The first-order chi connectivity index (χ1) is 10.9. The van der Waals surface area contributed by atoms with Crippen LogP contribution >= 0.6 is 23.2 Å². The molecule has 1 amide bonds. The Hall–Kier alpha value is -1.64. The number of H-pyrrole nitrogens is 1. The molecule has 2 aromatic rings. The Bertz CT molecular complexity index is 782. The lowest BCUT2D eigenvalue weighted by Crippen LogP contribution is -2.37. The molecule has 0 unspecified atom stereocenters. The Kier molecular flexibility index (Phi) is 4.31. The standard InChI is InChI=1S/C13H11Cl2F2N3O3/c14-8-9(15)12(23-13(16)17)19-10-5-3-20(7(22)4-21)2-1-6(5)18-11(8)10/h13,18,21H,1-4H2. The Morgan fingerprint density at radius 1 is 1.43 bits per heavy atom. The Morgan fingerprint density at radius 3 is 2.83 bits per heavy atom. The van der Waals surface area contributed by atoms with Crippen molar-refractivity contribution in [3.63, 3.8) is 0 Å². The number of nitrogens with zero attached hydrogens (tertiary/aromatic N) is 2. The molecule has 0 spiro atoms. The van der Waals surface area contributed by atoms with Crippen LogP contribution in [-0.4, -0.2) is 45.6 Å². The van der Waals surface area contributed by atoms with Gasteiger partial charge in [0.1, 0.15) is 11.6 Å². The number of fused-ring (bicyclic) bond motifs is 3. The third-order valence-corrected chi connectivity index (χ3v) is 4.47. The number of ether oxygens (including phenoxy) is 1. The molecule has 2 aromatic heterocycles. The molecule has 0 fully saturated rings. The van der Waals surface area contributed by atoms with Gasteiger partial charge < -0.3 is 19.7 Å². The smallest absolute Gasteiger partial charge is 0.388 e. The monoisotopic (exact) mass is 365 g/mol. The van der Waals surface area contributed by atoms with E-state index in [-0.39, 0.29) is 16.6 Å². The first-order valence-electron chi connectivity index (χ1n) is 6.64. The zero-order valence-corrected chi connectivity index (χ0v) is 13.1. The van der Waals surface area contributed by atoms with E-state index < -0.39 is 25.0 Å². The molecule has 3 heterocycles. The summed E-state index contributed by atoms with van der Waals surface area (Å²) in [5.41, 5.74) is 2.16. The lowest BCUT2D eigenvalue weighted by molar-refractivity contribution is -0.135. The van der Waals surface area contributed by atoms with Gasteiger partial charge in [0.25, 0.3) is 0 Å². The lowest BCUT2D eigenvalue weighted by Gasteiger charge is -2.26. The Balaban J connectivity index is 2.10. The second-order valence-corrected chi connectivity index (χ2v) is 5.71. The average molecular weight is 366 g/mol. The van der Waals surface area contributed by atoms with Crippen molar-refractivity contribution in [1.29, 1.82) is 0 Å². The molecule has 0 atom stereocenters. The van der Waals surface area contributed by atoms with E-state index in [1.165, 1.54) is 4.90 Å². The molecule has 0 saturated heterocycles. The molecular formula is C13H11Cl2F2N3O3. The number of alkyl halides is 2. The second kappa shape index (κ2) is 6.10. The number of aliphatic hydroxyl groups is 1. The summed E-state index contributed by atoms with van der Waals surface area (Å²) < 4.78 is 29.2. The summed E-state index contributed by atoms with van der Waals surface area (Å²) in [4.78, 5) is 20.2. The van der Waals surface area contributed by atoms with Crippen LogP contribution in [0.15, 0.2) is 0 Å². The molecule has 6 nitrogen and oxygen atoms in total. The molecule has 10 heteroatoms. The summed E-state index contributed by atoms with van der Waals surface area (Å²) >= 11 is 12.0. The maximum absolute atomic E-state index is 12.5. The summed E-state index contributed by atoms with van der Waals surface area (Å²) in [6.07, 6.45) is 0.496. The van der Waals surface area contributed by atoms with Crippen LogP contribution in [0.5, 0.6) is 5.88 Å². The van der Waals surface area contributed by atoms with E-state index in [1.54, 1.807) is 0 Å². The predicted octanol–water partition coefficient (Wildman–Crippen LogP) is 2.35. The van der Waals surface area contributed by atoms with Crippen molar-refractivity contribution in [1.82, 2.24) is 14.9 Å². The van der Waals surface area contributed by atoms with Crippen molar-refractivity contribution < 1.29 is 23.4 Å². The van der Waals surface area contributed by atoms with Crippen LogP contribution in [0, 0.1) is 0 Å².